The van der Waals surface area contributed by atoms with E-state index in [-0.39, 0.29) is 36.3 Å². The summed E-state index contributed by atoms with van der Waals surface area (Å²) in [6, 6.07) is 7.76. The lowest BCUT2D eigenvalue weighted by Gasteiger charge is -2.41. The fraction of sp³-hybridized carbons (Fsp3) is 0.552. The van der Waals surface area contributed by atoms with Gasteiger partial charge in [0.25, 0.3) is 0 Å². The number of ether oxygens (including phenoxy) is 1. The lowest BCUT2D eigenvalue weighted by atomic mass is 9.74. The molecule has 8 heteroatoms. The van der Waals surface area contributed by atoms with Gasteiger partial charge >= 0.3 is 0 Å². The van der Waals surface area contributed by atoms with Crippen molar-refractivity contribution >= 4 is 23.4 Å². The second-order valence-corrected chi connectivity index (χ2v) is 11.4. The fourth-order valence-electron chi connectivity index (χ4n) is 6.76. The number of aliphatic hydroxyl groups is 1. The van der Waals surface area contributed by atoms with Gasteiger partial charge in [-0.1, -0.05) is 56.4 Å². The molecule has 0 aliphatic carbocycles. The highest BCUT2D eigenvalue weighted by Gasteiger charge is 2.75. The van der Waals surface area contributed by atoms with Gasteiger partial charge in [-0.3, -0.25) is 14.4 Å². The van der Waals surface area contributed by atoms with Gasteiger partial charge in [0.05, 0.1) is 30.1 Å². The van der Waals surface area contributed by atoms with Crippen LogP contribution in [0.25, 0.3) is 0 Å². The second kappa shape index (κ2) is 9.10. The average Bonchev–Trinajstić information content (AvgIpc) is 3.11. The minimum Gasteiger partial charge on any atom is -0.394 e. The maximum Gasteiger partial charge on any atom is 0.249 e. The Hall–Kier alpha value is -2.97. The number of hydrogen-bond donors (Lipinski definition) is 1. The molecule has 8 nitrogen and oxygen atoms in total. The number of benzene rings is 1. The molecule has 1 aromatic carbocycles. The summed E-state index contributed by atoms with van der Waals surface area (Å²) < 4.78 is 6.84. The first-order valence-electron chi connectivity index (χ1n) is 13.2. The molecule has 3 amide bonds. The van der Waals surface area contributed by atoms with E-state index >= 15 is 0 Å². The largest absolute Gasteiger partial charge is 0.394 e. The SMILES string of the molecule is CC(C)[C@H](CO)N1C(=O)[C@@H]2[C@H]3C(=O)N(c4ccccc4)CC=C[C@@]3(C)O[C@@]23C=CCN(C(C)C)C(=O)C13. The van der Waals surface area contributed by atoms with E-state index in [1.54, 1.807) is 9.80 Å². The molecule has 0 bridgehead atoms. The van der Waals surface area contributed by atoms with E-state index in [0.29, 0.717) is 13.1 Å². The Bertz CT molecular complexity index is 1150. The summed E-state index contributed by atoms with van der Waals surface area (Å²) >= 11 is 0. The molecule has 4 heterocycles. The van der Waals surface area contributed by atoms with E-state index in [0.717, 1.165) is 5.69 Å². The lowest BCUT2D eigenvalue weighted by molar-refractivity contribution is -0.156. The van der Waals surface area contributed by atoms with Crippen molar-refractivity contribution in [1.29, 1.82) is 0 Å². The van der Waals surface area contributed by atoms with Crippen LogP contribution in [0.1, 0.15) is 34.6 Å². The Morgan fingerprint density at radius 1 is 0.946 bits per heavy atom. The van der Waals surface area contributed by atoms with Crippen LogP contribution in [0.2, 0.25) is 0 Å². The summed E-state index contributed by atoms with van der Waals surface area (Å²) in [5.74, 6) is -2.57. The average molecular weight is 508 g/mol. The van der Waals surface area contributed by atoms with Crippen LogP contribution >= 0.6 is 0 Å². The highest BCUT2D eigenvalue weighted by molar-refractivity contribution is 6.04. The zero-order valence-electron chi connectivity index (χ0n) is 22.2. The van der Waals surface area contributed by atoms with Crippen molar-refractivity contribution in [1.82, 2.24) is 9.80 Å². The van der Waals surface area contributed by atoms with Gasteiger partial charge in [-0.05, 0) is 38.8 Å². The molecular formula is C29H37N3O5. The standard InChI is InChI=1S/C29H37N3O5/c1-18(2)21(17-33)32-24-27(36)30(19(3)4)15-10-14-29(24)23(26(32)35)22-25(34)31(20-11-7-6-8-12-20)16-9-13-28(22,5)37-29/h6-14,18-19,21-24,33H,15-17H2,1-5H3/t21-,22-,23-,24?,28+,29-/m0/s1. The number of para-hydroxylation sites is 1. The summed E-state index contributed by atoms with van der Waals surface area (Å²) in [6.45, 7) is 10.0. The normalized spacial score (nSPS) is 34.1. The van der Waals surface area contributed by atoms with E-state index < -0.39 is 35.1 Å². The number of amides is 3. The van der Waals surface area contributed by atoms with Gasteiger partial charge in [0, 0.05) is 24.8 Å². The van der Waals surface area contributed by atoms with Crippen LogP contribution in [-0.2, 0) is 19.1 Å². The molecule has 0 aromatic heterocycles. The Morgan fingerprint density at radius 2 is 1.62 bits per heavy atom. The third-order valence-corrected chi connectivity index (χ3v) is 8.53. The van der Waals surface area contributed by atoms with E-state index in [9.17, 15) is 19.5 Å². The highest BCUT2D eigenvalue weighted by atomic mass is 16.5. The van der Waals surface area contributed by atoms with Gasteiger partial charge in [0.1, 0.15) is 11.6 Å². The molecular weight excluding hydrogens is 470 g/mol. The van der Waals surface area contributed by atoms with E-state index in [2.05, 4.69) is 0 Å². The van der Waals surface area contributed by atoms with Crippen LogP contribution in [-0.4, -0.2) is 81.7 Å². The Balaban J connectivity index is 1.68. The molecule has 37 heavy (non-hydrogen) atoms. The summed E-state index contributed by atoms with van der Waals surface area (Å²) in [4.78, 5) is 47.8. The molecule has 4 aliphatic heterocycles. The van der Waals surface area contributed by atoms with Crippen LogP contribution in [0.15, 0.2) is 54.6 Å². The van der Waals surface area contributed by atoms with E-state index in [1.807, 2.05) is 89.3 Å². The summed E-state index contributed by atoms with van der Waals surface area (Å²) in [5, 5.41) is 10.4. The minimum absolute atomic E-state index is 0.0903. The summed E-state index contributed by atoms with van der Waals surface area (Å²) in [5.41, 5.74) is -1.65. The van der Waals surface area contributed by atoms with Crippen molar-refractivity contribution in [3.05, 3.63) is 54.6 Å². The number of carbonyl (C=O) groups excluding carboxylic acids is 3. The predicted octanol–water partition coefficient (Wildman–Crippen LogP) is 2.38. The van der Waals surface area contributed by atoms with Crippen LogP contribution in [0.3, 0.4) is 0 Å². The number of hydrogen-bond acceptors (Lipinski definition) is 5. The van der Waals surface area contributed by atoms with Gasteiger partial charge < -0.3 is 24.5 Å². The number of aliphatic hydroxyl groups excluding tert-OH is 1. The van der Waals surface area contributed by atoms with Gasteiger partial charge in [-0.2, -0.15) is 0 Å². The van der Waals surface area contributed by atoms with Crippen molar-refractivity contribution in [2.24, 2.45) is 17.8 Å². The molecule has 0 radical (unpaired) electrons. The lowest BCUT2D eigenvalue weighted by Crippen LogP contribution is -2.60. The first-order valence-corrected chi connectivity index (χ1v) is 13.2. The Morgan fingerprint density at radius 3 is 2.24 bits per heavy atom. The molecule has 6 atom stereocenters. The van der Waals surface area contributed by atoms with Gasteiger partial charge in [-0.25, -0.2) is 0 Å². The molecule has 2 saturated heterocycles. The Kier molecular flexibility index (Phi) is 6.31. The molecule has 1 spiro atoms. The highest BCUT2D eigenvalue weighted by Crippen LogP contribution is 2.58. The quantitative estimate of drug-likeness (QED) is 0.618. The minimum atomic E-state index is -1.32. The molecule has 198 valence electrons. The van der Waals surface area contributed by atoms with Crippen LogP contribution < -0.4 is 4.90 Å². The van der Waals surface area contributed by atoms with Gasteiger partial charge in [0.2, 0.25) is 17.7 Å². The zero-order valence-corrected chi connectivity index (χ0v) is 22.2. The van der Waals surface area contributed by atoms with Gasteiger partial charge in [-0.15, -0.1) is 0 Å². The number of nitrogens with zero attached hydrogens (tertiary/aromatic N) is 3. The first kappa shape index (κ1) is 25.7. The van der Waals surface area contributed by atoms with Crippen molar-refractivity contribution in [2.45, 2.75) is 63.9 Å². The van der Waals surface area contributed by atoms with Crippen LogP contribution in [0, 0.1) is 17.8 Å². The molecule has 5 rings (SSSR count). The number of rotatable bonds is 5. The zero-order chi connectivity index (χ0) is 26.7. The monoisotopic (exact) mass is 507 g/mol. The van der Waals surface area contributed by atoms with Crippen LogP contribution in [0.5, 0.6) is 0 Å². The van der Waals surface area contributed by atoms with Crippen molar-refractivity contribution in [3.63, 3.8) is 0 Å². The predicted molar refractivity (Wildman–Crippen MR) is 139 cm³/mol. The second-order valence-electron chi connectivity index (χ2n) is 11.4. The maximum atomic E-state index is 14.4. The third-order valence-electron chi connectivity index (χ3n) is 8.53. The molecule has 2 fully saturated rings. The van der Waals surface area contributed by atoms with E-state index in [1.165, 1.54) is 4.90 Å². The topological polar surface area (TPSA) is 90.4 Å². The fourth-order valence-corrected chi connectivity index (χ4v) is 6.76. The first-order chi connectivity index (χ1) is 17.6. The molecule has 1 unspecified atom stereocenters. The molecule has 1 N–H and O–H groups in total. The molecule has 4 aliphatic rings. The van der Waals surface area contributed by atoms with Crippen molar-refractivity contribution in [2.75, 3.05) is 24.6 Å². The number of anilines is 1. The number of likely N-dealkylation sites (tertiary alicyclic amines) is 1. The smallest absolute Gasteiger partial charge is 0.249 e. The van der Waals surface area contributed by atoms with Crippen LogP contribution in [0.4, 0.5) is 5.69 Å². The van der Waals surface area contributed by atoms with E-state index in [4.69, 9.17) is 4.74 Å². The van der Waals surface area contributed by atoms with Crippen molar-refractivity contribution < 1.29 is 24.2 Å². The summed E-state index contributed by atoms with van der Waals surface area (Å²) in [6.07, 6.45) is 7.54. The summed E-state index contributed by atoms with van der Waals surface area (Å²) in [7, 11) is 0. The number of fused-ring (bicyclic) bond motifs is 2. The van der Waals surface area contributed by atoms with Crippen molar-refractivity contribution in [3.8, 4) is 0 Å². The van der Waals surface area contributed by atoms with Gasteiger partial charge in [0.15, 0.2) is 0 Å². The number of carbonyl (C=O) groups is 3. The maximum absolute atomic E-state index is 14.4. The Labute approximate surface area is 218 Å². The molecule has 0 saturated carbocycles. The third kappa shape index (κ3) is 3.67. The molecule has 1 aromatic rings.